The minimum Gasteiger partial charge on any atom is -0.469 e. The van der Waals surface area contributed by atoms with Gasteiger partial charge in [-0.05, 0) is 36.0 Å². The van der Waals surface area contributed by atoms with E-state index in [4.69, 9.17) is 10.5 Å². The van der Waals surface area contributed by atoms with E-state index in [9.17, 15) is 4.79 Å². The maximum Gasteiger partial charge on any atom is 0.308 e. The van der Waals surface area contributed by atoms with Crippen molar-refractivity contribution in [3.63, 3.8) is 0 Å². The van der Waals surface area contributed by atoms with Gasteiger partial charge in [-0.3, -0.25) is 4.79 Å². The Hall–Kier alpha value is -1.51. The number of carbonyl (C=O) groups is 1. The molecule has 86 valence electrons. The summed E-state index contributed by atoms with van der Waals surface area (Å²) in [7, 11) is 1.44. The zero-order valence-corrected chi connectivity index (χ0v) is 9.69. The van der Waals surface area contributed by atoms with E-state index in [1.54, 1.807) is 0 Å². The van der Waals surface area contributed by atoms with E-state index in [0.717, 1.165) is 18.5 Å². The molecule has 2 N–H and O–H groups in total. The molecule has 1 aromatic carbocycles. The highest BCUT2D eigenvalue weighted by Crippen LogP contribution is 2.40. The summed E-state index contributed by atoms with van der Waals surface area (Å²) in [6, 6.07) is 5.95. The Morgan fingerprint density at radius 2 is 2.31 bits per heavy atom. The highest BCUT2D eigenvalue weighted by atomic mass is 16.5. The average Bonchev–Trinajstić information content (AvgIpc) is 2.72. The smallest absolute Gasteiger partial charge is 0.308 e. The van der Waals surface area contributed by atoms with Crippen LogP contribution in [0.15, 0.2) is 18.2 Å². The number of carbonyl (C=O) groups excluding carboxylic acids is 1. The molecule has 3 nitrogen and oxygen atoms in total. The van der Waals surface area contributed by atoms with E-state index in [0.29, 0.717) is 0 Å². The van der Waals surface area contributed by atoms with Gasteiger partial charge >= 0.3 is 5.97 Å². The SMILES string of the molecule is COC(=O)C(C)C1CCc2c(N)cccc21. The second kappa shape index (κ2) is 4.16. The summed E-state index contributed by atoms with van der Waals surface area (Å²) in [6.45, 7) is 1.93. The minimum atomic E-state index is -0.139. The Morgan fingerprint density at radius 1 is 1.56 bits per heavy atom. The van der Waals surface area contributed by atoms with Crippen LogP contribution in [0, 0.1) is 5.92 Å². The first-order chi connectivity index (χ1) is 7.65. The maximum atomic E-state index is 11.5. The average molecular weight is 219 g/mol. The molecule has 0 spiro atoms. The van der Waals surface area contributed by atoms with Crippen molar-refractivity contribution in [1.29, 1.82) is 0 Å². The first-order valence-corrected chi connectivity index (χ1v) is 5.60. The van der Waals surface area contributed by atoms with Gasteiger partial charge in [0.15, 0.2) is 0 Å². The maximum absolute atomic E-state index is 11.5. The molecule has 0 saturated carbocycles. The van der Waals surface area contributed by atoms with E-state index in [-0.39, 0.29) is 17.8 Å². The molecule has 16 heavy (non-hydrogen) atoms. The molecule has 0 aliphatic heterocycles. The largest absolute Gasteiger partial charge is 0.469 e. The predicted molar refractivity (Wildman–Crippen MR) is 63.1 cm³/mol. The molecule has 0 saturated heterocycles. The number of nitrogens with two attached hydrogens (primary N) is 1. The summed E-state index contributed by atoms with van der Waals surface area (Å²) in [5, 5.41) is 0. The van der Waals surface area contributed by atoms with E-state index in [1.807, 2.05) is 19.1 Å². The standard InChI is InChI=1S/C13H17NO2/c1-8(13(15)16-2)9-6-7-11-10(9)4-3-5-12(11)14/h3-5,8-9H,6-7,14H2,1-2H3. The Labute approximate surface area is 95.6 Å². The van der Waals surface area contributed by atoms with E-state index in [2.05, 4.69) is 6.07 Å². The number of hydrogen-bond acceptors (Lipinski definition) is 3. The lowest BCUT2D eigenvalue weighted by atomic mass is 9.88. The van der Waals surface area contributed by atoms with Crippen molar-refractivity contribution in [1.82, 2.24) is 0 Å². The third-order valence-corrected chi connectivity index (χ3v) is 3.53. The fraction of sp³-hybridized carbons (Fsp3) is 0.462. The van der Waals surface area contributed by atoms with Crippen molar-refractivity contribution in [3.05, 3.63) is 29.3 Å². The zero-order chi connectivity index (χ0) is 11.7. The Bertz CT molecular complexity index is 414. The predicted octanol–water partition coefficient (Wildman–Crippen LogP) is 2.11. The van der Waals surface area contributed by atoms with Crippen molar-refractivity contribution < 1.29 is 9.53 Å². The first kappa shape index (κ1) is 11.0. The van der Waals surface area contributed by atoms with E-state index >= 15 is 0 Å². The molecule has 0 fully saturated rings. The van der Waals surface area contributed by atoms with Crippen molar-refractivity contribution in [2.45, 2.75) is 25.7 Å². The monoisotopic (exact) mass is 219 g/mol. The van der Waals surface area contributed by atoms with Crippen molar-refractivity contribution in [2.75, 3.05) is 12.8 Å². The number of fused-ring (bicyclic) bond motifs is 1. The fourth-order valence-corrected chi connectivity index (χ4v) is 2.58. The Morgan fingerprint density at radius 3 is 3.00 bits per heavy atom. The number of methoxy groups -OCH3 is 1. The van der Waals surface area contributed by atoms with Gasteiger partial charge < -0.3 is 10.5 Å². The molecule has 2 unspecified atom stereocenters. The van der Waals surface area contributed by atoms with Gasteiger partial charge in [0.05, 0.1) is 13.0 Å². The third kappa shape index (κ3) is 1.66. The van der Waals surface area contributed by atoms with Gasteiger partial charge in [0.25, 0.3) is 0 Å². The molecule has 0 aromatic heterocycles. The summed E-state index contributed by atoms with van der Waals surface area (Å²) < 4.78 is 4.80. The van der Waals surface area contributed by atoms with Gasteiger partial charge in [-0.15, -0.1) is 0 Å². The summed E-state index contributed by atoms with van der Waals surface area (Å²) in [5.74, 6) is 0.0271. The third-order valence-electron chi connectivity index (χ3n) is 3.53. The molecule has 3 heteroatoms. The number of nitrogen functional groups attached to an aromatic ring is 1. The lowest BCUT2D eigenvalue weighted by molar-refractivity contribution is -0.145. The van der Waals surface area contributed by atoms with Gasteiger partial charge in [-0.1, -0.05) is 19.1 Å². The van der Waals surface area contributed by atoms with Crippen molar-refractivity contribution in [2.24, 2.45) is 5.92 Å². The molecular formula is C13H17NO2. The fourth-order valence-electron chi connectivity index (χ4n) is 2.58. The molecule has 1 aromatic rings. The van der Waals surface area contributed by atoms with Gasteiger partial charge in [0.1, 0.15) is 0 Å². The van der Waals surface area contributed by atoms with Crippen LogP contribution in [0.4, 0.5) is 5.69 Å². The lowest BCUT2D eigenvalue weighted by Crippen LogP contribution is -2.19. The molecule has 1 aliphatic carbocycles. The first-order valence-electron chi connectivity index (χ1n) is 5.60. The normalized spacial score (nSPS) is 20.2. The van der Waals surface area contributed by atoms with Crippen LogP contribution in [0.2, 0.25) is 0 Å². The highest BCUT2D eigenvalue weighted by Gasteiger charge is 2.32. The summed E-state index contributed by atoms with van der Waals surface area (Å²) in [4.78, 5) is 11.5. The number of anilines is 1. The number of rotatable bonds is 2. The summed E-state index contributed by atoms with van der Waals surface area (Å²) in [5.41, 5.74) is 9.20. The highest BCUT2D eigenvalue weighted by molar-refractivity contribution is 5.74. The molecule has 0 amide bonds. The molecule has 2 atom stereocenters. The molecule has 0 radical (unpaired) electrons. The second-order valence-corrected chi connectivity index (χ2v) is 4.37. The van der Waals surface area contributed by atoms with Gasteiger partial charge in [-0.25, -0.2) is 0 Å². The zero-order valence-electron chi connectivity index (χ0n) is 9.69. The van der Waals surface area contributed by atoms with Crippen molar-refractivity contribution in [3.8, 4) is 0 Å². The Balaban J connectivity index is 2.30. The summed E-state index contributed by atoms with van der Waals surface area (Å²) >= 11 is 0. The van der Waals surface area contributed by atoms with Crippen LogP contribution in [0.25, 0.3) is 0 Å². The number of ether oxygens (including phenoxy) is 1. The Kier molecular flexibility index (Phi) is 2.86. The van der Waals surface area contributed by atoms with E-state index in [1.165, 1.54) is 18.2 Å². The van der Waals surface area contributed by atoms with Crippen LogP contribution in [-0.2, 0) is 16.0 Å². The van der Waals surface area contributed by atoms with Crippen LogP contribution in [0.5, 0.6) is 0 Å². The van der Waals surface area contributed by atoms with Crippen molar-refractivity contribution >= 4 is 11.7 Å². The van der Waals surface area contributed by atoms with Crippen LogP contribution >= 0.6 is 0 Å². The van der Waals surface area contributed by atoms with Gasteiger partial charge in [0, 0.05) is 5.69 Å². The second-order valence-electron chi connectivity index (χ2n) is 4.37. The van der Waals surface area contributed by atoms with Crippen LogP contribution < -0.4 is 5.73 Å². The van der Waals surface area contributed by atoms with E-state index < -0.39 is 0 Å². The van der Waals surface area contributed by atoms with Crippen LogP contribution in [-0.4, -0.2) is 13.1 Å². The van der Waals surface area contributed by atoms with Gasteiger partial charge in [0.2, 0.25) is 0 Å². The van der Waals surface area contributed by atoms with Crippen LogP contribution in [0.1, 0.15) is 30.4 Å². The lowest BCUT2D eigenvalue weighted by Gasteiger charge is -2.18. The molecule has 0 bridgehead atoms. The molecule has 0 heterocycles. The molecule has 1 aliphatic rings. The van der Waals surface area contributed by atoms with Crippen LogP contribution in [0.3, 0.4) is 0 Å². The number of hydrogen-bond donors (Lipinski definition) is 1. The minimum absolute atomic E-state index is 0.0898. The molecular weight excluding hydrogens is 202 g/mol. The topological polar surface area (TPSA) is 52.3 Å². The molecule has 2 rings (SSSR count). The summed E-state index contributed by atoms with van der Waals surface area (Å²) in [6.07, 6.45) is 1.95. The number of esters is 1. The van der Waals surface area contributed by atoms with Gasteiger partial charge in [-0.2, -0.15) is 0 Å². The quantitative estimate of drug-likeness (QED) is 0.612. The number of benzene rings is 1.